The number of ether oxygens (including phenoxy) is 1. The number of hydrogen-bond acceptors (Lipinski definition) is 4. The van der Waals surface area contributed by atoms with E-state index in [0.717, 1.165) is 12.1 Å². The van der Waals surface area contributed by atoms with Crippen molar-refractivity contribution in [2.45, 2.75) is 19.9 Å². The van der Waals surface area contributed by atoms with Gasteiger partial charge < -0.3 is 20.7 Å². The van der Waals surface area contributed by atoms with E-state index in [0.29, 0.717) is 6.07 Å². The molecule has 0 aliphatic heterocycles. The lowest BCUT2D eigenvalue weighted by atomic mass is 10.2. The third kappa shape index (κ3) is 6.35. The van der Waals surface area contributed by atoms with E-state index < -0.39 is 36.1 Å². The molecule has 0 unspecified atom stereocenters. The molecule has 9 heteroatoms. The van der Waals surface area contributed by atoms with Gasteiger partial charge in [0.1, 0.15) is 11.6 Å². The summed E-state index contributed by atoms with van der Waals surface area (Å²) in [6, 6.07) is 8.03. The third-order valence-electron chi connectivity index (χ3n) is 3.30. The molecule has 0 aromatic heterocycles. The first-order chi connectivity index (χ1) is 13.2. The normalized spacial score (nSPS) is 10.3. The van der Waals surface area contributed by atoms with Crippen molar-refractivity contribution < 1.29 is 27.9 Å². The molecule has 0 saturated heterocycles. The largest absolute Gasteiger partial charge is 0.452 e. The summed E-state index contributed by atoms with van der Waals surface area (Å²) in [6.45, 7) is 2.88. The van der Waals surface area contributed by atoms with Gasteiger partial charge in [0.2, 0.25) is 0 Å². The standard InChI is InChI=1S/C19H19F2N3O4/c1-11(2)22-19(27)24-16-6-4-3-5-15(16)18(26)28-10-17(25)23-14-8-12(20)7-13(21)9-14/h3-9,11H,10H2,1-2H3,(H,23,25)(H2,22,24,27). The number of esters is 1. The van der Waals surface area contributed by atoms with Gasteiger partial charge in [-0.2, -0.15) is 0 Å². The summed E-state index contributed by atoms with van der Waals surface area (Å²) in [5.41, 5.74) is 0.148. The average Bonchev–Trinajstić information content (AvgIpc) is 2.58. The van der Waals surface area contributed by atoms with E-state index in [1.165, 1.54) is 12.1 Å². The van der Waals surface area contributed by atoms with Crippen LogP contribution in [-0.4, -0.2) is 30.6 Å². The van der Waals surface area contributed by atoms with Crippen LogP contribution < -0.4 is 16.0 Å². The molecule has 2 rings (SSSR count). The molecule has 3 amide bonds. The molecule has 28 heavy (non-hydrogen) atoms. The van der Waals surface area contributed by atoms with E-state index in [1.54, 1.807) is 26.0 Å². The molecule has 148 valence electrons. The second-order valence-corrected chi connectivity index (χ2v) is 6.08. The number of para-hydroxylation sites is 1. The van der Waals surface area contributed by atoms with Crippen molar-refractivity contribution in [3.63, 3.8) is 0 Å². The van der Waals surface area contributed by atoms with Crippen LogP contribution in [0.1, 0.15) is 24.2 Å². The van der Waals surface area contributed by atoms with E-state index in [9.17, 15) is 23.2 Å². The smallest absolute Gasteiger partial charge is 0.340 e. The van der Waals surface area contributed by atoms with Gasteiger partial charge in [-0.3, -0.25) is 4.79 Å². The van der Waals surface area contributed by atoms with Crippen LogP contribution in [0, 0.1) is 11.6 Å². The van der Waals surface area contributed by atoms with Crippen molar-refractivity contribution in [1.29, 1.82) is 0 Å². The van der Waals surface area contributed by atoms with Gasteiger partial charge in [0.05, 0.1) is 11.3 Å². The second-order valence-electron chi connectivity index (χ2n) is 6.08. The number of carbonyl (C=O) groups excluding carboxylic acids is 3. The lowest BCUT2D eigenvalue weighted by Gasteiger charge is -2.13. The first-order valence-electron chi connectivity index (χ1n) is 8.34. The fraction of sp³-hybridized carbons (Fsp3) is 0.211. The highest BCUT2D eigenvalue weighted by Crippen LogP contribution is 2.17. The summed E-state index contributed by atoms with van der Waals surface area (Å²) in [5, 5.41) is 7.37. The van der Waals surface area contributed by atoms with Crippen LogP contribution in [0.5, 0.6) is 0 Å². The van der Waals surface area contributed by atoms with Gasteiger partial charge in [-0.15, -0.1) is 0 Å². The lowest BCUT2D eigenvalue weighted by Crippen LogP contribution is -2.34. The first-order valence-corrected chi connectivity index (χ1v) is 8.34. The quantitative estimate of drug-likeness (QED) is 0.659. The van der Waals surface area contributed by atoms with Crippen molar-refractivity contribution >= 4 is 29.3 Å². The third-order valence-corrected chi connectivity index (χ3v) is 3.30. The van der Waals surface area contributed by atoms with E-state index in [4.69, 9.17) is 4.74 Å². The maximum Gasteiger partial charge on any atom is 0.340 e. The summed E-state index contributed by atoms with van der Waals surface area (Å²) >= 11 is 0. The zero-order chi connectivity index (χ0) is 20.7. The Morgan fingerprint density at radius 1 is 1.00 bits per heavy atom. The van der Waals surface area contributed by atoms with E-state index >= 15 is 0 Å². The fourth-order valence-electron chi connectivity index (χ4n) is 2.22. The lowest BCUT2D eigenvalue weighted by molar-refractivity contribution is -0.119. The molecule has 3 N–H and O–H groups in total. The van der Waals surface area contributed by atoms with Crippen LogP contribution in [0.4, 0.5) is 25.0 Å². The van der Waals surface area contributed by atoms with Gasteiger partial charge in [-0.1, -0.05) is 12.1 Å². The molecular weight excluding hydrogens is 372 g/mol. The molecule has 0 aliphatic carbocycles. The molecule has 0 saturated carbocycles. The maximum absolute atomic E-state index is 13.1. The van der Waals surface area contributed by atoms with E-state index in [-0.39, 0.29) is 23.0 Å². The van der Waals surface area contributed by atoms with Crippen LogP contribution in [0.25, 0.3) is 0 Å². The molecule has 2 aromatic rings. The zero-order valence-corrected chi connectivity index (χ0v) is 15.2. The first kappa shape index (κ1) is 20.8. The van der Waals surface area contributed by atoms with Gasteiger partial charge in [-0.25, -0.2) is 18.4 Å². The average molecular weight is 391 g/mol. The number of rotatable bonds is 6. The highest BCUT2D eigenvalue weighted by Gasteiger charge is 2.16. The maximum atomic E-state index is 13.1. The Hall–Kier alpha value is -3.49. The minimum Gasteiger partial charge on any atom is -0.452 e. The van der Waals surface area contributed by atoms with Gasteiger partial charge in [-0.05, 0) is 38.1 Å². The van der Waals surface area contributed by atoms with Crippen molar-refractivity contribution in [3.8, 4) is 0 Å². The molecule has 0 radical (unpaired) electrons. The minimum absolute atomic E-state index is 0.0472. The monoisotopic (exact) mass is 391 g/mol. The van der Waals surface area contributed by atoms with Gasteiger partial charge in [0.25, 0.3) is 5.91 Å². The molecule has 0 aliphatic rings. The number of amides is 3. The predicted molar refractivity (Wildman–Crippen MR) is 99.0 cm³/mol. The van der Waals surface area contributed by atoms with E-state index in [1.807, 2.05) is 0 Å². The van der Waals surface area contributed by atoms with Crippen LogP contribution >= 0.6 is 0 Å². The summed E-state index contributed by atoms with van der Waals surface area (Å²) in [5.74, 6) is -3.33. The summed E-state index contributed by atoms with van der Waals surface area (Å²) in [6.07, 6.45) is 0. The SMILES string of the molecule is CC(C)NC(=O)Nc1ccccc1C(=O)OCC(=O)Nc1cc(F)cc(F)c1. The number of carbonyl (C=O) groups is 3. The number of nitrogens with one attached hydrogen (secondary N) is 3. The number of hydrogen-bond donors (Lipinski definition) is 3. The van der Waals surface area contributed by atoms with Crippen LogP contribution in [0.3, 0.4) is 0 Å². The van der Waals surface area contributed by atoms with Crippen molar-refractivity contribution in [2.24, 2.45) is 0 Å². The summed E-state index contributed by atoms with van der Waals surface area (Å²) in [4.78, 5) is 35.9. The molecular formula is C19H19F2N3O4. The highest BCUT2D eigenvalue weighted by atomic mass is 19.1. The molecule has 0 heterocycles. The van der Waals surface area contributed by atoms with Crippen molar-refractivity contribution in [1.82, 2.24) is 5.32 Å². The minimum atomic E-state index is -0.855. The Morgan fingerprint density at radius 3 is 2.29 bits per heavy atom. The Labute approximate surface area is 160 Å². The Morgan fingerprint density at radius 2 is 1.64 bits per heavy atom. The Bertz CT molecular complexity index is 867. The zero-order valence-electron chi connectivity index (χ0n) is 15.2. The van der Waals surface area contributed by atoms with Gasteiger partial charge >= 0.3 is 12.0 Å². The van der Waals surface area contributed by atoms with Crippen molar-refractivity contribution in [3.05, 3.63) is 59.7 Å². The molecule has 0 spiro atoms. The summed E-state index contributed by atoms with van der Waals surface area (Å²) < 4.78 is 31.2. The topological polar surface area (TPSA) is 96.5 Å². The number of urea groups is 1. The molecule has 2 aromatic carbocycles. The molecule has 0 fully saturated rings. The second kappa shape index (κ2) is 9.45. The van der Waals surface area contributed by atoms with Crippen molar-refractivity contribution in [2.75, 3.05) is 17.2 Å². The van der Waals surface area contributed by atoms with Gasteiger partial charge in [0.15, 0.2) is 6.61 Å². The fourth-order valence-corrected chi connectivity index (χ4v) is 2.22. The number of benzene rings is 2. The highest BCUT2D eigenvalue weighted by molar-refractivity contribution is 6.02. The molecule has 0 atom stereocenters. The van der Waals surface area contributed by atoms with Crippen LogP contribution in [0.2, 0.25) is 0 Å². The Kier molecular flexibility index (Phi) is 7.02. The molecule has 0 bridgehead atoms. The van der Waals surface area contributed by atoms with Crippen LogP contribution in [-0.2, 0) is 9.53 Å². The van der Waals surface area contributed by atoms with Gasteiger partial charge in [0, 0.05) is 17.8 Å². The number of halogens is 2. The molecule has 7 nitrogen and oxygen atoms in total. The number of anilines is 2. The predicted octanol–water partition coefficient (Wildman–Crippen LogP) is 3.29. The van der Waals surface area contributed by atoms with E-state index in [2.05, 4.69) is 16.0 Å². The Balaban J connectivity index is 1.97. The van der Waals surface area contributed by atoms with Crippen LogP contribution in [0.15, 0.2) is 42.5 Å². The summed E-state index contributed by atoms with van der Waals surface area (Å²) in [7, 11) is 0.